The Morgan fingerprint density at radius 1 is 0.309 bits per heavy atom. The van der Waals surface area contributed by atoms with Crippen LogP contribution in [-0.4, -0.2) is 82.3 Å². The lowest BCUT2D eigenvalue weighted by Gasteiger charge is -2.26. The first-order valence-electron chi connectivity index (χ1n) is 40.7. The van der Waals surface area contributed by atoms with E-state index in [2.05, 4.69) is 135 Å². The fourth-order valence-electron chi connectivity index (χ4n) is 11.6. The second kappa shape index (κ2) is 77.4. The van der Waals surface area contributed by atoms with Gasteiger partial charge in [-0.3, -0.25) is 9.59 Å². The Labute approximate surface area is 599 Å². The van der Waals surface area contributed by atoms with Gasteiger partial charge in [-0.1, -0.05) is 367 Å². The summed E-state index contributed by atoms with van der Waals surface area (Å²) in [5.74, 6) is -2.26. The molecular weight excluding hydrogens is 1200 g/mol. The molecule has 0 heterocycles. The molecule has 0 radical (unpaired) electrons. The lowest BCUT2D eigenvalue weighted by atomic mass is 10.0. The van der Waals surface area contributed by atoms with E-state index in [9.17, 15) is 19.5 Å². The van der Waals surface area contributed by atoms with Gasteiger partial charge < -0.3 is 33.3 Å². The van der Waals surface area contributed by atoms with Gasteiger partial charge in [0, 0.05) is 12.8 Å². The number of carbonyl (C=O) groups is 3. The number of allylic oxidation sites excluding steroid dienone is 20. The van der Waals surface area contributed by atoms with Crippen molar-refractivity contribution in [2.75, 3.05) is 47.5 Å². The van der Waals surface area contributed by atoms with Crippen LogP contribution in [0.4, 0.5) is 0 Å². The van der Waals surface area contributed by atoms with Crippen molar-refractivity contribution in [3.05, 3.63) is 122 Å². The molecule has 9 nitrogen and oxygen atoms in total. The zero-order valence-corrected chi connectivity index (χ0v) is 63.9. The van der Waals surface area contributed by atoms with Gasteiger partial charge in [0.25, 0.3) is 0 Å². The van der Waals surface area contributed by atoms with Crippen LogP contribution in [0.5, 0.6) is 0 Å². The molecule has 0 saturated heterocycles. The third-order valence-electron chi connectivity index (χ3n) is 17.7. The molecule has 558 valence electrons. The summed E-state index contributed by atoms with van der Waals surface area (Å²) in [4.78, 5) is 37.6. The van der Waals surface area contributed by atoms with Crippen molar-refractivity contribution < 1.29 is 42.9 Å². The topological polar surface area (TPSA) is 111 Å². The van der Waals surface area contributed by atoms with Crippen molar-refractivity contribution in [3.63, 3.8) is 0 Å². The highest BCUT2D eigenvalue weighted by molar-refractivity contribution is 5.70. The Bertz CT molecular complexity index is 2020. The summed E-state index contributed by atoms with van der Waals surface area (Å²) >= 11 is 0. The highest BCUT2D eigenvalue weighted by Crippen LogP contribution is 2.19. The van der Waals surface area contributed by atoms with Gasteiger partial charge >= 0.3 is 11.9 Å². The molecule has 0 aromatic carbocycles. The fraction of sp³-hybridized carbons (Fsp3) is 0.739. The quantitative estimate of drug-likeness (QED) is 0.0195. The van der Waals surface area contributed by atoms with Crippen LogP contribution in [0.15, 0.2) is 122 Å². The Morgan fingerprint density at radius 3 is 0.825 bits per heavy atom. The molecular formula is C88H153NO8. The van der Waals surface area contributed by atoms with Crippen molar-refractivity contribution in [3.8, 4) is 0 Å². The molecule has 0 aromatic rings. The highest BCUT2D eigenvalue weighted by atomic mass is 16.7. The maximum absolute atomic E-state index is 13.0. The molecule has 0 aliphatic heterocycles. The smallest absolute Gasteiger partial charge is 0.306 e. The van der Waals surface area contributed by atoms with Crippen molar-refractivity contribution in [1.29, 1.82) is 0 Å². The van der Waals surface area contributed by atoms with Crippen LogP contribution in [0.1, 0.15) is 361 Å². The molecule has 0 N–H and O–H groups in total. The van der Waals surface area contributed by atoms with Crippen LogP contribution in [-0.2, 0) is 33.3 Å². The predicted molar refractivity (Wildman–Crippen MR) is 417 cm³/mol. The van der Waals surface area contributed by atoms with Gasteiger partial charge in [-0.05, 0) is 103 Å². The second-order valence-electron chi connectivity index (χ2n) is 28.3. The second-order valence-corrected chi connectivity index (χ2v) is 28.3. The average Bonchev–Trinajstić information content (AvgIpc) is 2.39. The normalized spacial score (nSPS) is 13.3. The molecule has 0 rings (SSSR count). The number of carboxylic acids is 1. The van der Waals surface area contributed by atoms with E-state index in [4.69, 9.17) is 18.9 Å². The fourth-order valence-corrected chi connectivity index (χ4v) is 11.6. The first kappa shape index (κ1) is 92.7. The molecule has 2 atom stereocenters. The number of aliphatic carboxylic acids is 1. The minimum Gasteiger partial charge on any atom is -0.545 e. The number of nitrogens with zero attached hydrogens (tertiary/aromatic N) is 1. The number of carbonyl (C=O) groups excluding carboxylic acids is 3. The third-order valence-corrected chi connectivity index (χ3v) is 17.7. The molecule has 9 heteroatoms. The lowest BCUT2D eigenvalue weighted by molar-refractivity contribution is -0.870. The summed E-state index contributed by atoms with van der Waals surface area (Å²) in [6.07, 6.45) is 108. The average molecular weight is 1350 g/mol. The van der Waals surface area contributed by atoms with Crippen LogP contribution in [0.2, 0.25) is 0 Å². The van der Waals surface area contributed by atoms with E-state index in [-0.39, 0.29) is 32.2 Å². The molecule has 0 amide bonds. The van der Waals surface area contributed by atoms with E-state index >= 15 is 0 Å². The number of carboxylic acid groups (broad SMARTS) is 1. The number of likely N-dealkylation sites (N-methyl/N-ethyl adjacent to an activating group) is 1. The van der Waals surface area contributed by atoms with Crippen LogP contribution in [0, 0.1) is 0 Å². The maximum Gasteiger partial charge on any atom is 0.306 e. The molecule has 2 unspecified atom stereocenters. The van der Waals surface area contributed by atoms with Gasteiger partial charge in [-0.2, -0.15) is 0 Å². The van der Waals surface area contributed by atoms with Crippen LogP contribution in [0.25, 0.3) is 0 Å². The lowest BCUT2D eigenvalue weighted by Crippen LogP contribution is -2.44. The number of unbranched alkanes of at least 4 members (excludes halogenated alkanes) is 40. The number of hydrogen-bond donors (Lipinski definition) is 0. The van der Waals surface area contributed by atoms with Crippen molar-refractivity contribution in [2.24, 2.45) is 0 Å². The Kier molecular flexibility index (Phi) is 74.0. The summed E-state index contributed by atoms with van der Waals surface area (Å²) in [6.45, 7) is 4.57. The van der Waals surface area contributed by atoms with Gasteiger partial charge in [0.1, 0.15) is 13.2 Å². The van der Waals surface area contributed by atoms with Crippen LogP contribution < -0.4 is 5.11 Å². The Balaban J connectivity index is 3.99. The van der Waals surface area contributed by atoms with Crippen molar-refractivity contribution in [2.45, 2.75) is 373 Å². The maximum atomic E-state index is 13.0. The van der Waals surface area contributed by atoms with Crippen molar-refractivity contribution in [1.82, 2.24) is 0 Å². The standard InChI is InChI=1S/C88H153NO8/c1-6-8-10-12-14-16-18-20-22-24-26-28-30-32-34-36-38-40-41-42-43-44-45-47-49-51-53-55-57-59-61-63-65-67-69-71-73-75-77-79-86(91)97-84(83-96-88(87(92)93)94-81-80-89(3,4)5)82-95-85(90)78-76-74-72-70-68-66-64-62-60-58-56-54-52-50-48-46-39-37-35-33-31-29-27-25-23-21-19-17-15-13-11-9-7-2/h8-11,14-17,20-23,26-29,32,34,38,40,84,88H,6-7,12-13,18-19,24-25,30-31,33,35-37,39,41-83H2,1-5H3/b10-8-,11-9-,16-14-,17-15-,22-20-,23-21-,28-26-,29-27-,34-32-,40-38-. The number of esters is 2. The number of hydrogen-bond acceptors (Lipinski definition) is 8. The highest BCUT2D eigenvalue weighted by Gasteiger charge is 2.22. The van der Waals surface area contributed by atoms with E-state index in [1.54, 1.807) is 0 Å². The van der Waals surface area contributed by atoms with E-state index in [1.807, 2.05) is 21.1 Å². The summed E-state index contributed by atoms with van der Waals surface area (Å²) in [7, 11) is 5.94. The van der Waals surface area contributed by atoms with E-state index in [1.165, 1.54) is 231 Å². The first-order chi connectivity index (χ1) is 47.6. The molecule has 0 aromatic heterocycles. The molecule has 97 heavy (non-hydrogen) atoms. The largest absolute Gasteiger partial charge is 0.545 e. The van der Waals surface area contributed by atoms with E-state index in [0.717, 1.165) is 96.3 Å². The zero-order chi connectivity index (χ0) is 70.4. The molecule has 0 spiro atoms. The molecule has 0 fully saturated rings. The van der Waals surface area contributed by atoms with E-state index in [0.29, 0.717) is 23.9 Å². The number of quaternary nitrogens is 1. The minimum absolute atomic E-state index is 0.147. The summed E-state index contributed by atoms with van der Waals surface area (Å²) in [5, 5.41) is 11.9. The SMILES string of the molecule is CC/C=C\C/C=C\C/C=C\C/C=C\C/C=C\C/C=C\CCCCCCCCCCCCCCCCCCCCCCC(=O)OC(COC(=O)CCCCCCCCCCCCCCCCCCCCCC/C=C\C/C=C\C/C=C\C/C=C\CC)COC(OCC[N+](C)(C)C)C(=O)[O-]. The minimum atomic E-state index is -1.62. The summed E-state index contributed by atoms with van der Waals surface area (Å²) in [5.41, 5.74) is 0. The van der Waals surface area contributed by atoms with Gasteiger partial charge in [0.05, 0.1) is 40.3 Å². The van der Waals surface area contributed by atoms with Gasteiger partial charge in [-0.25, -0.2) is 0 Å². The van der Waals surface area contributed by atoms with Crippen LogP contribution in [0.3, 0.4) is 0 Å². The zero-order valence-electron chi connectivity index (χ0n) is 63.9. The molecule has 0 aliphatic rings. The molecule has 0 aliphatic carbocycles. The van der Waals surface area contributed by atoms with Crippen molar-refractivity contribution >= 4 is 17.9 Å². The summed E-state index contributed by atoms with van der Waals surface area (Å²) < 4.78 is 22.9. The number of ether oxygens (including phenoxy) is 4. The monoisotopic (exact) mass is 1350 g/mol. The van der Waals surface area contributed by atoms with Crippen LogP contribution >= 0.6 is 0 Å². The summed E-state index contributed by atoms with van der Waals surface area (Å²) in [6, 6.07) is 0. The first-order valence-corrected chi connectivity index (χ1v) is 40.7. The number of rotatable bonds is 75. The van der Waals surface area contributed by atoms with Gasteiger partial charge in [0.15, 0.2) is 12.4 Å². The Hall–Kier alpha value is -4.31. The van der Waals surface area contributed by atoms with E-state index < -0.39 is 24.3 Å². The van der Waals surface area contributed by atoms with Gasteiger partial charge in [0.2, 0.25) is 0 Å². The molecule has 0 saturated carbocycles. The van der Waals surface area contributed by atoms with Gasteiger partial charge in [-0.15, -0.1) is 0 Å². The third kappa shape index (κ3) is 78.9. The Morgan fingerprint density at radius 2 is 0.557 bits per heavy atom. The molecule has 0 bridgehead atoms. The predicted octanol–water partition coefficient (Wildman–Crippen LogP) is 24.9.